The molecule has 4 aliphatic carbocycles. The first-order valence-electron chi connectivity index (χ1n) is 13.2. The van der Waals surface area contributed by atoms with Crippen molar-refractivity contribution in [1.82, 2.24) is 0 Å². The summed E-state index contributed by atoms with van der Waals surface area (Å²) in [5, 5.41) is 10.5. The smallest absolute Gasteiger partial charge is 0.0569 e. The van der Waals surface area contributed by atoms with Gasteiger partial charge in [-0.15, -0.1) is 0 Å². The number of allylic oxidation sites excluding steroid dienone is 3. The molecule has 2 saturated carbocycles. The van der Waals surface area contributed by atoms with Crippen LogP contribution >= 0.6 is 0 Å². The Balaban J connectivity index is 1.54. The van der Waals surface area contributed by atoms with E-state index in [1.54, 1.807) is 0 Å². The van der Waals surface area contributed by atoms with Crippen molar-refractivity contribution in [3.63, 3.8) is 0 Å². The average Bonchev–Trinajstić information content (AvgIpc) is 3.06. The van der Waals surface area contributed by atoms with Crippen LogP contribution in [0.4, 0.5) is 0 Å². The first kappa shape index (κ1) is 22.6. The Bertz CT molecular complexity index is 701. The minimum Gasteiger partial charge on any atom is -0.393 e. The average molecular weight is 413 g/mol. The van der Waals surface area contributed by atoms with E-state index in [4.69, 9.17) is 0 Å². The highest BCUT2D eigenvalue weighted by atomic mass is 16.3. The topological polar surface area (TPSA) is 20.2 Å². The van der Waals surface area contributed by atoms with E-state index in [0.717, 1.165) is 24.2 Å². The van der Waals surface area contributed by atoms with Gasteiger partial charge in [-0.3, -0.25) is 0 Å². The van der Waals surface area contributed by atoms with Crippen LogP contribution in [0.5, 0.6) is 0 Å². The molecule has 30 heavy (non-hydrogen) atoms. The molecule has 4 aliphatic rings. The molecular weight excluding hydrogens is 364 g/mol. The summed E-state index contributed by atoms with van der Waals surface area (Å²) in [5.41, 5.74) is 6.08. The van der Waals surface area contributed by atoms with Crippen LogP contribution in [0.15, 0.2) is 23.3 Å². The van der Waals surface area contributed by atoms with E-state index in [2.05, 4.69) is 48.1 Å². The summed E-state index contributed by atoms with van der Waals surface area (Å²) in [6.45, 7) is 19.0. The van der Waals surface area contributed by atoms with Crippen LogP contribution in [0.1, 0.15) is 106 Å². The molecule has 6 unspecified atom stereocenters. The number of aliphatic hydroxyl groups excluding tert-OH is 1. The Morgan fingerprint density at radius 3 is 2.50 bits per heavy atom. The van der Waals surface area contributed by atoms with Gasteiger partial charge >= 0.3 is 0 Å². The molecular formula is C29H48O. The van der Waals surface area contributed by atoms with Crippen molar-refractivity contribution >= 4 is 0 Å². The lowest BCUT2D eigenvalue weighted by molar-refractivity contribution is -0.0336. The van der Waals surface area contributed by atoms with Crippen molar-refractivity contribution in [1.29, 1.82) is 0 Å². The van der Waals surface area contributed by atoms with E-state index in [1.807, 2.05) is 11.1 Å². The zero-order valence-corrected chi connectivity index (χ0v) is 20.8. The van der Waals surface area contributed by atoms with Gasteiger partial charge in [0.15, 0.2) is 0 Å². The minimum absolute atomic E-state index is 0.0728. The lowest BCUT2D eigenvalue weighted by atomic mass is 9.49. The maximum atomic E-state index is 10.5. The zero-order valence-electron chi connectivity index (χ0n) is 20.8. The number of hydrogen-bond donors (Lipinski definition) is 1. The maximum Gasteiger partial charge on any atom is 0.0569 e. The Morgan fingerprint density at radius 2 is 1.80 bits per heavy atom. The molecule has 0 aromatic rings. The molecule has 0 bridgehead atoms. The summed E-state index contributed by atoms with van der Waals surface area (Å²) < 4.78 is 0. The third kappa shape index (κ3) is 3.46. The highest BCUT2D eigenvalue weighted by Gasteiger charge is 2.56. The van der Waals surface area contributed by atoms with E-state index in [1.165, 1.54) is 63.4 Å². The summed E-state index contributed by atoms with van der Waals surface area (Å²) in [4.78, 5) is 0. The molecule has 8 atom stereocenters. The van der Waals surface area contributed by atoms with Crippen molar-refractivity contribution < 1.29 is 5.11 Å². The number of rotatable bonds is 5. The van der Waals surface area contributed by atoms with Crippen LogP contribution < -0.4 is 0 Å². The van der Waals surface area contributed by atoms with E-state index in [0.29, 0.717) is 28.6 Å². The number of fused-ring (bicyclic) bond motifs is 4. The summed E-state index contributed by atoms with van der Waals surface area (Å²) in [6.07, 6.45) is 12.9. The van der Waals surface area contributed by atoms with Crippen molar-refractivity contribution in [2.75, 3.05) is 0 Å². The van der Waals surface area contributed by atoms with Crippen molar-refractivity contribution in [2.24, 2.45) is 46.3 Å². The van der Waals surface area contributed by atoms with Crippen LogP contribution in [-0.2, 0) is 0 Å². The molecule has 0 aromatic heterocycles. The fourth-order valence-electron chi connectivity index (χ4n) is 8.79. The van der Waals surface area contributed by atoms with Gasteiger partial charge in [0.1, 0.15) is 0 Å². The van der Waals surface area contributed by atoms with Crippen LogP contribution in [0.25, 0.3) is 0 Å². The fraction of sp³-hybridized carbons (Fsp3) is 0.862. The molecule has 0 spiro atoms. The number of hydrogen-bond acceptors (Lipinski definition) is 1. The van der Waals surface area contributed by atoms with Gasteiger partial charge in [-0.2, -0.15) is 0 Å². The molecule has 2 fully saturated rings. The van der Waals surface area contributed by atoms with Gasteiger partial charge in [0.05, 0.1) is 6.10 Å². The largest absolute Gasteiger partial charge is 0.393 e. The monoisotopic (exact) mass is 412 g/mol. The second-order valence-electron chi connectivity index (χ2n) is 12.6. The predicted octanol–water partition coefficient (Wildman–Crippen LogP) is 7.94. The van der Waals surface area contributed by atoms with Gasteiger partial charge in [0.2, 0.25) is 0 Å². The van der Waals surface area contributed by atoms with Crippen molar-refractivity contribution in [3.05, 3.63) is 23.3 Å². The van der Waals surface area contributed by atoms with Gasteiger partial charge in [-0.25, -0.2) is 0 Å². The van der Waals surface area contributed by atoms with Gasteiger partial charge in [-0.1, -0.05) is 64.8 Å². The molecule has 170 valence electrons. The minimum atomic E-state index is -0.0728. The summed E-state index contributed by atoms with van der Waals surface area (Å²) in [7, 11) is 0. The molecule has 1 heteroatoms. The molecule has 0 heterocycles. The first-order valence-corrected chi connectivity index (χ1v) is 13.2. The predicted molar refractivity (Wildman–Crippen MR) is 128 cm³/mol. The Kier molecular flexibility index (Phi) is 6.10. The SMILES string of the molecule is C=C(CCC(C)C1CCC2C3=C(CCC21C)C1(C)CC[C@H](O)[C@@H](C)C1CC3)C(C)C. The Morgan fingerprint density at radius 1 is 1.07 bits per heavy atom. The molecule has 0 aromatic carbocycles. The van der Waals surface area contributed by atoms with Crippen LogP contribution in [0.3, 0.4) is 0 Å². The quantitative estimate of drug-likeness (QED) is 0.454. The second-order valence-corrected chi connectivity index (χ2v) is 12.6. The molecule has 1 nitrogen and oxygen atoms in total. The lowest BCUT2D eigenvalue weighted by Gasteiger charge is -2.56. The first-order chi connectivity index (χ1) is 14.1. The van der Waals surface area contributed by atoms with E-state index in [9.17, 15) is 5.11 Å². The molecule has 0 radical (unpaired) electrons. The molecule has 0 aliphatic heterocycles. The Labute approximate surface area is 186 Å². The summed E-state index contributed by atoms with van der Waals surface area (Å²) in [5.74, 6) is 4.32. The van der Waals surface area contributed by atoms with Gasteiger partial charge in [-0.05, 0) is 111 Å². The highest BCUT2D eigenvalue weighted by molar-refractivity contribution is 5.34. The van der Waals surface area contributed by atoms with E-state index >= 15 is 0 Å². The van der Waals surface area contributed by atoms with Crippen molar-refractivity contribution in [3.8, 4) is 0 Å². The normalized spacial score (nSPS) is 44.5. The third-order valence-electron chi connectivity index (χ3n) is 11.0. The number of aliphatic hydroxyl groups is 1. The summed E-state index contributed by atoms with van der Waals surface area (Å²) in [6, 6.07) is 0. The zero-order chi connectivity index (χ0) is 21.8. The highest BCUT2D eigenvalue weighted by Crippen LogP contribution is 2.66. The maximum absolute atomic E-state index is 10.5. The van der Waals surface area contributed by atoms with Gasteiger partial charge < -0.3 is 5.11 Å². The standard InChI is InChI=1S/C29H48O/c1-18(2)19(3)8-9-20(4)23-12-13-25-22-10-11-24-21(5)27(30)15-17-29(24,7)26(22)14-16-28(23,25)6/h18,20-21,23-25,27,30H,3,8-17H2,1-2,4-7H3/t20?,21-,23?,24?,25?,27-,28?,29?/m0/s1. The van der Waals surface area contributed by atoms with Crippen LogP contribution in [0.2, 0.25) is 0 Å². The summed E-state index contributed by atoms with van der Waals surface area (Å²) >= 11 is 0. The van der Waals surface area contributed by atoms with E-state index < -0.39 is 0 Å². The van der Waals surface area contributed by atoms with Crippen molar-refractivity contribution in [2.45, 2.75) is 112 Å². The molecule has 0 amide bonds. The molecule has 4 rings (SSSR count). The molecule has 1 N–H and O–H groups in total. The van der Waals surface area contributed by atoms with Crippen LogP contribution in [-0.4, -0.2) is 11.2 Å². The fourth-order valence-corrected chi connectivity index (χ4v) is 8.79. The molecule has 0 saturated heterocycles. The van der Waals surface area contributed by atoms with Crippen LogP contribution in [0, 0.1) is 46.3 Å². The van der Waals surface area contributed by atoms with Gasteiger partial charge in [0.25, 0.3) is 0 Å². The Hall–Kier alpha value is -0.560. The third-order valence-corrected chi connectivity index (χ3v) is 11.0. The lowest BCUT2D eigenvalue weighted by Crippen LogP contribution is -2.49. The second kappa shape index (κ2) is 8.09. The van der Waals surface area contributed by atoms with E-state index in [-0.39, 0.29) is 6.10 Å². The van der Waals surface area contributed by atoms with Gasteiger partial charge in [0, 0.05) is 0 Å².